The summed E-state index contributed by atoms with van der Waals surface area (Å²) in [5.74, 6) is -1.54. The number of aromatic nitrogens is 2. The number of hydrogen-bond acceptors (Lipinski definition) is 6. The molecule has 2 aromatic rings. The van der Waals surface area contributed by atoms with Gasteiger partial charge < -0.3 is 14.4 Å². The molecule has 2 heterocycles. The van der Waals surface area contributed by atoms with Gasteiger partial charge in [0.2, 0.25) is 0 Å². The molecular formula is C24H21ClF3N3O4. The first kappa shape index (κ1) is 24.6. The summed E-state index contributed by atoms with van der Waals surface area (Å²) in [6.07, 6.45) is 3.69. The Morgan fingerprint density at radius 1 is 1.06 bits per heavy atom. The average Bonchev–Trinajstić information content (AvgIpc) is 3.09. The number of rotatable bonds is 4. The standard InChI is InChI=1S/C24H21ClF3N3O4/c1-34-22(32)16-8-5-6-12-30(20(16)23(33)35-2)14-10-11-19(17(25)13-14)31-18-9-4-3-7-15(18)21(29-31)24(26,27)28/h5-6,8,10-13H,3-4,7,9H2,1-2H3. The highest BCUT2D eigenvalue weighted by Crippen LogP contribution is 2.38. The minimum Gasteiger partial charge on any atom is -0.465 e. The molecule has 0 radical (unpaired) electrons. The maximum absolute atomic E-state index is 13.6. The maximum Gasteiger partial charge on any atom is 0.435 e. The molecular weight excluding hydrogens is 487 g/mol. The van der Waals surface area contributed by atoms with E-state index in [-0.39, 0.29) is 27.5 Å². The van der Waals surface area contributed by atoms with Gasteiger partial charge in [0.05, 0.1) is 30.5 Å². The molecule has 35 heavy (non-hydrogen) atoms. The van der Waals surface area contributed by atoms with Gasteiger partial charge in [0.1, 0.15) is 5.70 Å². The molecule has 11 heteroatoms. The molecule has 1 aliphatic heterocycles. The number of alkyl halides is 3. The molecule has 0 saturated heterocycles. The summed E-state index contributed by atoms with van der Waals surface area (Å²) in [5, 5.41) is 3.99. The van der Waals surface area contributed by atoms with Crippen LogP contribution in [0.5, 0.6) is 0 Å². The van der Waals surface area contributed by atoms with E-state index >= 15 is 0 Å². The molecule has 7 nitrogen and oxygen atoms in total. The van der Waals surface area contributed by atoms with Crippen molar-refractivity contribution in [1.29, 1.82) is 0 Å². The zero-order valence-corrected chi connectivity index (χ0v) is 19.6. The first-order valence-electron chi connectivity index (χ1n) is 10.7. The predicted molar refractivity (Wildman–Crippen MR) is 122 cm³/mol. The third-order valence-corrected chi connectivity index (χ3v) is 6.08. The number of halogens is 4. The van der Waals surface area contributed by atoms with Crippen molar-refractivity contribution in [3.63, 3.8) is 0 Å². The number of benzene rings is 1. The summed E-state index contributed by atoms with van der Waals surface area (Å²) in [5.41, 5.74) is 0.289. The Labute approximate surface area is 204 Å². The van der Waals surface area contributed by atoms with Crippen LogP contribution in [0.15, 0.2) is 53.9 Å². The highest BCUT2D eigenvalue weighted by molar-refractivity contribution is 6.32. The molecule has 1 aromatic carbocycles. The second-order valence-electron chi connectivity index (χ2n) is 7.84. The molecule has 0 spiro atoms. The lowest BCUT2D eigenvalue weighted by Gasteiger charge is -2.24. The Kier molecular flexibility index (Phi) is 6.75. The Morgan fingerprint density at radius 2 is 1.77 bits per heavy atom. The van der Waals surface area contributed by atoms with Crippen molar-refractivity contribution < 1.29 is 32.2 Å². The maximum atomic E-state index is 13.6. The third kappa shape index (κ3) is 4.58. The fourth-order valence-corrected chi connectivity index (χ4v) is 4.46. The van der Waals surface area contributed by atoms with Crippen molar-refractivity contribution in [2.75, 3.05) is 19.1 Å². The summed E-state index contributed by atoms with van der Waals surface area (Å²) in [6, 6.07) is 4.58. The zero-order valence-electron chi connectivity index (χ0n) is 18.9. The predicted octanol–water partition coefficient (Wildman–Crippen LogP) is 4.91. The molecule has 184 valence electrons. The second kappa shape index (κ2) is 9.61. The van der Waals surface area contributed by atoms with E-state index in [0.29, 0.717) is 30.6 Å². The monoisotopic (exact) mass is 507 g/mol. The van der Waals surface area contributed by atoms with Crippen LogP contribution in [0.25, 0.3) is 5.69 Å². The molecule has 4 rings (SSSR count). The lowest BCUT2D eigenvalue weighted by atomic mass is 9.95. The van der Waals surface area contributed by atoms with Crippen LogP contribution in [-0.2, 0) is 38.1 Å². The Morgan fingerprint density at radius 3 is 2.43 bits per heavy atom. The van der Waals surface area contributed by atoms with Crippen molar-refractivity contribution in [3.8, 4) is 5.69 Å². The average molecular weight is 508 g/mol. The molecule has 0 unspecified atom stereocenters. The van der Waals surface area contributed by atoms with E-state index in [1.165, 1.54) is 48.2 Å². The third-order valence-electron chi connectivity index (χ3n) is 5.78. The number of nitrogens with zero attached hydrogens (tertiary/aromatic N) is 3. The normalized spacial score (nSPS) is 15.7. The van der Waals surface area contributed by atoms with Crippen LogP contribution >= 0.6 is 11.6 Å². The van der Waals surface area contributed by atoms with Crippen LogP contribution in [-0.4, -0.2) is 35.9 Å². The second-order valence-corrected chi connectivity index (χ2v) is 8.25. The van der Waals surface area contributed by atoms with E-state index < -0.39 is 23.8 Å². The van der Waals surface area contributed by atoms with Gasteiger partial charge in [-0.05, 0) is 56.0 Å². The van der Waals surface area contributed by atoms with Gasteiger partial charge in [-0.15, -0.1) is 0 Å². The van der Waals surface area contributed by atoms with Crippen molar-refractivity contribution in [2.24, 2.45) is 0 Å². The van der Waals surface area contributed by atoms with Gasteiger partial charge in [0.15, 0.2) is 5.69 Å². The molecule has 1 aromatic heterocycles. The zero-order chi connectivity index (χ0) is 25.3. The quantitative estimate of drug-likeness (QED) is 0.547. The summed E-state index contributed by atoms with van der Waals surface area (Å²) in [4.78, 5) is 26.3. The Bertz CT molecular complexity index is 1280. The van der Waals surface area contributed by atoms with E-state index in [1.54, 1.807) is 18.2 Å². The summed E-state index contributed by atoms with van der Waals surface area (Å²) in [6.45, 7) is 0. The largest absolute Gasteiger partial charge is 0.465 e. The molecule has 0 atom stereocenters. The smallest absolute Gasteiger partial charge is 0.435 e. The molecule has 0 bridgehead atoms. The highest BCUT2D eigenvalue weighted by Gasteiger charge is 2.40. The fraction of sp³-hybridized carbons (Fsp3) is 0.292. The van der Waals surface area contributed by atoms with Crippen molar-refractivity contribution >= 4 is 29.2 Å². The lowest BCUT2D eigenvalue weighted by Crippen LogP contribution is -2.27. The number of anilines is 1. The fourth-order valence-electron chi connectivity index (χ4n) is 4.21. The number of hydrogen-bond donors (Lipinski definition) is 0. The summed E-state index contributed by atoms with van der Waals surface area (Å²) < 4.78 is 51.8. The number of methoxy groups -OCH3 is 2. The van der Waals surface area contributed by atoms with Gasteiger partial charge in [0, 0.05) is 23.1 Å². The van der Waals surface area contributed by atoms with E-state index in [2.05, 4.69) is 5.10 Å². The van der Waals surface area contributed by atoms with Crippen molar-refractivity contribution in [1.82, 2.24) is 9.78 Å². The van der Waals surface area contributed by atoms with Crippen molar-refractivity contribution in [3.05, 3.63) is 75.9 Å². The minimum absolute atomic E-state index is 0.0412. The van der Waals surface area contributed by atoms with Crippen LogP contribution in [0, 0.1) is 0 Å². The van der Waals surface area contributed by atoms with Crippen LogP contribution in [0.2, 0.25) is 5.02 Å². The van der Waals surface area contributed by atoms with E-state index in [4.69, 9.17) is 21.1 Å². The summed E-state index contributed by atoms with van der Waals surface area (Å²) in [7, 11) is 2.36. The van der Waals surface area contributed by atoms with Gasteiger partial charge >= 0.3 is 18.1 Å². The number of ether oxygens (including phenoxy) is 2. The lowest BCUT2D eigenvalue weighted by molar-refractivity contribution is -0.142. The molecule has 0 N–H and O–H groups in total. The molecule has 0 amide bonds. The number of esters is 2. The number of allylic oxidation sites excluding steroid dienone is 2. The first-order chi connectivity index (χ1) is 16.7. The van der Waals surface area contributed by atoms with Gasteiger partial charge in [-0.1, -0.05) is 17.7 Å². The molecule has 0 fully saturated rings. The molecule has 0 saturated carbocycles. The van der Waals surface area contributed by atoms with Crippen LogP contribution in [0.1, 0.15) is 29.8 Å². The van der Waals surface area contributed by atoms with Crippen molar-refractivity contribution in [2.45, 2.75) is 31.9 Å². The Balaban J connectivity index is 1.82. The van der Waals surface area contributed by atoms with Gasteiger partial charge in [0.25, 0.3) is 0 Å². The van der Waals surface area contributed by atoms with Crippen LogP contribution < -0.4 is 4.90 Å². The van der Waals surface area contributed by atoms with E-state index in [9.17, 15) is 22.8 Å². The number of fused-ring (bicyclic) bond motifs is 1. The summed E-state index contributed by atoms with van der Waals surface area (Å²) >= 11 is 6.55. The minimum atomic E-state index is -4.58. The topological polar surface area (TPSA) is 73.7 Å². The first-order valence-corrected chi connectivity index (χ1v) is 11.1. The van der Waals surface area contributed by atoms with Gasteiger partial charge in [-0.25, -0.2) is 14.3 Å². The highest BCUT2D eigenvalue weighted by atomic mass is 35.5. The van der Waals surface area contributed by atoms with Crippen LogP contribution in [0.3, 0.4) is 0 Å². The Hall–Kier alpha value is -3.53. The van der Waals surface area contributed by atoms with E-state index in [1.807, 2.05) is 0 Å². The van der Waals surface area contributed by atoms with Crippen LogP contribution in [0.4, 0.5) is 18.9 Å². The molecule has 1 aliphatic carbocycles. The number of carbonyl (C=O) groups is 2. The van der Waals surface area contributed by atoms with Gasteiger partial charge in [-0.2, -0.15) is 18.3 Å². The van der Waals surface area contributed by atoms with E-state index in [0.717, 1.165) is 6.42 Å². The molecule has 2 aliphatic rings. The number of carbonyl (C=O) groups excluding carboxylic acids is 2. The SMILES string of the molecule is COC(=O)C1=C(C(=O)OC)N(c2ccc(-n3nc(C(F)(F)F)c4c3CCCC4)c(Cl)c2)C=CC=C1. The van der Waals surface area contributed by atoms with Gasteiger partial charge in [-0.3, -0.25) is 0 Å².